The maximum Gasteiger partial charge on any atom is 0.262 e. The summed E-state index contributed by atoms with van der Waals surface area (Å²) in [7, 11) is -3.95. The molecule has 28 heavy (non-hydrogen) atoms. The van der Waals surface area contributed by atoms with Crippen LogP contribution in [-0.4, -0.2) is 8.42 Å². The highest BCUT2D eigenvalue weighted by Crippen LogP contribution is 2.30. The summed E-state index contributed by atoms with van der Waals surface area (Å²) in [5.41, 5.74) is 0.709. The van der Waals surface area contributed by atoms with E-state index in [1.165, 1.54) is 18.2 Å². The van der Waals surface area contributed by atoms with Crippen molar-refractivity contribution < 1.29 is 12.8 Å². The first-order chi connectivity index (χ1) is 13.3. The van der Waals surface area contributed by atoms with Crippen LogP contribution in [0.2, 0.25) is 10.0 Å². The SMILES string of the molecule is Cc1c(Cl)cccc1S(=O)(=O)Nc1cccc2c(=O)c3ccc(Cl)cc3oc12. The predicted molar refractivity (Wildman–Crippen MR) is 112 cm³/mol. The van der Waals surface area contributed by atoms with Crippen molar-refractivity contribution in [2.75, 3.05) is 4.72 Å². The van der Waals surface area contributed by atoms with Crippen LogP contribution in [0.4, 0.5) is 5.69 Å². The van der Waals surface area contributed by atoms with Crippen molar-refractivity contribution >= 4 is 60.9 Å². The van der Waals surface area contributed by atoms with E-state index in [9.17, 15) is 13.2 Å². The minimum Gasteiger partial charge on any atom is -0.454 e. The van der Waals surface area contributed by atoms with Gasteiger partial charge < -0.3 is 4.42 Å². The van der Waals surface area contributed by atoms with Gasteiger partial charge in [0.05, 0.1) is 21.4 Å². The molecule has 0 aliphatic rings. The monoisotopic (exact) mass is 433 g/mol. The maximum absolute atomic E-state index is 12.9. The fraction of sp³-hybridized carbons (Fsp3) is 0.0500. The number of nitrogens with one attached hydrogen (secondary N) is 1. The van der Waals surface area contributed by atoms with E-state index in [0.29, 0.717) is 21.0 Å². The summed E-state index contributed by atoms with van der Waals surface area (Å²) in [6.07, 6.45) is 0. The van der Waals surface area contributed by atoms with Crippen molar-refractivity contribution in [3.8, 4) is 0 Å². The third-order valence-electron chi connectivity index (χ3n) is 4.41. The van der Waals surface area contributed by atoms with Crippen molar-refractivity contribution in [1.82, 2.24) is 0 Å². The molecule has 8 heteroatoms. The molecule has 1 N–H and O–H groups in total. The van der Waals surface area contributed by atoms with Crippen molar-refractivity contribution in [3.05, 3.63) is 80.4 Å². The Morgan fingerprint density at radius 2 is 1.71 bits per heavy atom. The first kappa shape index (κ1) is 18.8. The fourth-order valence-corrected chi connectivity index (χ4v) is 4.73. The molecular weight excluding hydrogens is 421 g/mol. The first-order valence-electron chi connectivity index (χ1n) is 8.21. The molecule has 0 unspecified atom stereocenters. The number of benzene rings is 3. The number of para-hydroxylation sites is 1. The standard InChI is InChI=1S/C20H13Cl2NO4S/c1-11-15(22)5-3-7-18(11)28(25,26)23-16-6-2-4-14-19(24)13-9-8-12(21)10-17(13)27-20(14)16/h2-10,23H,1H3. The summed E-state index contributed by atoms with van der Waals surface area (Å²) in [6, 6.07) is 14.0. The summed E-state index contributed by atoms with van der Waals surface area (Å²) in [5, 5.41) is 1.37. The van der Waals surface area contributed by atoms with Gasteiger partial charge in [-0.1, -0.05) is 35.3 Å². The Kier molecular flexibility index (Phi) is 4.57. The Hall–Kier alpha value is -2.54. The van der Waals surface area contributed by atoms with Crippen LogP contribution in [0, 0.1) is 6.92 Å². The maximum atomic E-state index is 12.9. The Morgan fingerprint density at radius 1 is 0.964 bits per heavy atom. The van der Waals surface area contributed by atoms with E-state index >= 15 is 0 Å². The molecule has 4 rings (SSSR count). The number of halogens is 2. The molecule has 1 heterocycles. The average molecular weight is 434 g/mol. The average Bonchev–Trinajstić information content (AvgIpc) is 2.64. The van der Waals surface area contributed by atoms with Crippen LogP contribution in [0.25, 0.3) is 21.9 Å². The lowest BCUT2D eigenvalue weighted by Crippen LogP contribution is -2.15. The van der Waals surface area contributed by atoms with Crippen LogP contribution in [0.15, 0.2) is 68.7 Å². The van der Waals surface area contributed by atoms with Crippen molar-refractivity contribution in [2.45, 2.75) is 11.8 Å². The van der Waals surface area contributed by atoms with Gasteiger partial charge in [0.15, 0.2) is 5.58 Å². The molecule has 142 valence electrons. The molecule has 3 aromatic carbocycles. The summed E-state index contributed by atoms with van der Waals surface area (Å²) in [6.45, 7) is 1.62. The third kappa shape index (κ3) is 3.13. The summed E-state index contributed by atoms with van der Waals surface area (Å²) in [5.74, 6) is 0. The van der Waals surface area contributed by atoms with E-state index in [-0.39, 0.29) is 32.6 Å². The summed E-state index contributed by atoms with van der Waals surface area (Å²) >= 11 is 12.0. The smallest absolute Gasteiger partial charge is 0.262 e. The number of hydrogen-bond acceptors (Lipinski definition) is 4. The fourth-order valence-electron chi connectivity index (χ4n) is 3.01. The second-order valence-corrected chi connectivity index (χ2v) is 8.72. The molecular formula is C20H13Cl2NO4S. The van der Waals surface area contributed by atoms with Gasteiger partial charge in [-0.15, -0.1) is 0 Å². The van der Waals surface area contributed by atoms with Gasteiger partial charge in [0.1, 0.15) is 5.58 Å². The van der Waals surface area contributed by atoms with Gasteiger partial charge in [0.2, 0.25) is 5.43 Å². The van der Waals surface area contributed by atoms with E-state index in [4.69, 9.17) is 27.6 Å². The first-order valence-corrected chi connectivity index (χ1v) is 10.4. The molecule has 0 aliphatic carbocycles. The number of rotatable bonds is 3. The zero-order chi connectivity index (χ0) is 20.1. The third-order valence-corrected chi connectivity index (χ3v) is 6.57. The second-order valence-electron chi connectivity index (χ2n) is 6.22. The number of hydrogen-bond donors (Lipinski definition) is 1. The lowest BCUT2D eigenvalue weighted by atomic mass is 10.1. The molecule has 0 saturated carbocycles. The van der Waals surface area contributed by atoms with Gasteiger partial charge in [-0.25, -0.2) is 8.42 Å². The quantitative estimate of drug-likeness (QED) is 0.441. The minimum absolute atomic E-state index is 0.0446. The molecule has 4 aromatic rings. The zero-order valence-corrected chi connectivity index (χ0v) is 16.8. The molecule has 1 aromatic heterocycles. The highest BCUT2D eigenvalue weighted by atomic mass is 35.5. The number of sulfonamides is 1. The van der Waals surface area contributed by atoms with Crippen LogP contribution in [0.3, 0.4) is 0 Å². The molecule has 0 aliphatic heterocycles. The number of fused-ring (bicyclic) bond motifs is 2. The Labute approximate surface area is 170 Å². The molecule has 0 spiro atoms. The molecule has 0 bridgehead atoms. The lowest BCUT2D eigenvalue weighted by molar-refractivity contribution is 0.600. The molecule has 0 amide bonds. The highest BCUT2D eigenvalue weighted by Gasteiger charge is 2.21. The Balaban J connectivity index is 1.93. The zero-order valence-electron chi connectivity index (χ0n) is 14.5. The topological polar surface area (TPSA) is 76.4 Å². The molecule has 0 radical (unpaired) electrons. The van der Waals surface area contributed by atoms with Gasteiger partial charge in [-0.2, -0.15) is 0 Å². The summed E-state index contributed by atoms with van der Waals surface area (Å²) in [4.78, 5) is 12.8. The second kappa shape index (κ2) is 6.81. The van der Waals surface area contributed by atoms with Crippen LogP contribution in [-0.2, 0) is 10.0 Å². The van der Waals surface area contributed by atoms with E-state index in [1.54, 1.807) is 43.3 Å². The molecule has 0 atom stereocenters. The van der Waals surface area contributed by atoms with Gasteiger partial charge in [-0.05, 0) is 48.9 Å². The highest BCUT2D eigenvalue weighted by molar-refractivity contribution is 7.92. The predicted octanol–water partition coefficient (Wildman–Crippen LogP) is 5.36. The van der Waals surface area contributed by atoms with E-state index in [2.05, 4.69) is 4.72 Å². The largest absolute Gasteiger partial charge is 0.454 e. The van der Waals surface area contributed by atoms with Crippen molar-refractivity contribution in [2.24, 2.45) is 0 Å². The normalized spacial score (nSPS) is 11.8. The Morgan fingerprint density at radius 3 is 2.50 bits per heavy atom. The summed E-state index contributed by atoms with van der Waals surface area (Å²) < 4.78 is 34.2. The molecule has 0 fully saturated rings. The van der Waals surface area contributed by atoms with Crippen LogP contribution >= 0.6 is 23.2 Å². The number of anilines is 1. The van der Waals surface area contributed by atoms with E-state index in [0.717, 1.165) is 0 Å². The van der Waals surface area contributed by atoms with Crippen LogP contribution in [0.1, 0.15) is 5.56 Å². The van der Waals surface area contributed by atoms with Crippen LogP contribution < -0.4 is 10.2 Å². The lowest BCUT2D eigenvalue weighted by Gasteiger charge is -2.12. The Bertz CT molecular complexity index is 1410. The van der Waals surface area contributed by atoms with Gasteiger partial charge in [-0.3, -0.25) is 9.52 Å². The van der Waals surface area contributed by atoms with E-state index in [1.807, 2.05) is 0 Å². The van der Waals surface area contributed by atoms with Gasteiger partial charge in [0, 0.05) is 16.1 Å². The van der Waals surface area contributed by atoms with E-state index < -0.39 is 10.0 Å². The molecule has 5 nitrogen and oxygen atoms in total. The van der Waals surface area contributed by atoms with Gasteiger partial charge in [0.25, 0.3) is 10.0 Å². The van der Waals surface area contributed by atoms with Crippen molar-refractivity contribution in [3.63, 3.8) is 0 Å². The minimum atomic E-state index is -3.95. The van der Waals surface area contributed by atoms with Crippen molar-refractivity contribution in [1.29, 1.82) is 0 Å². The van der Waals surface area contributed by atoms with Gasteiger partial charge >= 0.3 is 0 Å². The van der Waals surface area contributed by atoms with Crippen LogP contribution in [0.5, 0.6) is 0 Å². The molecule has 0 saturated heterocycles.